The van der Waals surface area contributed by atoms with Gasteiger partial charge in [0.05, 0.1) is 24.8 Å². The minimum absolute atomic E-state index is 0.00387. The van der Waals surface area contributed by atoms with E-state index >= 15 is 0 Å². The third-order valence-corrected chi connectivity index (χ3v) is 3.24. The second-order valence-electron chi connectivity index (χ2n) is 4.60. The molecule has 2 rings (SSSR count). The van der Waals surface area contributed by atoms with Gasteiger partial charge in [0.25, 0.3) is 0 Å². The molecule has 1 N–H and O–H groups in total. The molecule has 0 saturated heterocycles. The van der Waals surface area contributed by atoms with Gasteiger partial charge in [-0.05, 0) is 31.2 Å². The molecule has 0 heterocycles. The lowest BCUT2D eigenvalue weighted by Crippen LogP contribution is -2.11. The molecule has 0 spiro atoms. The highest BCUT2D eigenvalue weighted by molar-refractivity contribution is 6.05. The first-order valence-corrected chi connectivity index (χ1v) is 6.87. The molecular weight excluding hydrogens is 303 g/mol. The fraction of sp³-hybridized carbons (Fsp3) is 0.176. The van der Waals surface area contributed by atoms with Crippen molar-refractivity contribution in [3.8, 4) is 16.9 Å². The average molecular weight is 318 g/mol. The van der Waals surface area contributed by atoms with Crippen LogP contribution in [0.3, 0.4) is 0 Å². The van der Waals surface area contributed by atoms with Gasteiger partial charge in [0.1, 0.15) is 11.6 Å². The SMILES string of the molecule is CCOC(=O)c1cccc(C(=O)O)c1-c1ccc(OC)cc1F. The smallest absolute Gasteiger partial charge is 0.338 e. The van der Waals surface area contributed by atoms with Crippen molar-refractivity contribution in [2.24, 2.45) is 0 Å². The molecule has 0 aliphatic carbocycles. The van der Waals surface area contributed by atoms with Crippen molar-refractivity contribution in [2.45, 2.75) is 6.92 Å². The first-order valence-electron chi connectivity index (χ1n) is 6.87. The summed E-state index contributed by atoms with van der Waals surface area (Å²) in [7, 11) is 1.39. The Bertz CT molecular complexity index is 755. The molecule has 2 aromatic rings. The maximum Gasteiger partial charge on any atom is 0.338 e. The van der Waals surface area contributed by atoms with E-state index in [1.54, 1.807) is 6.92 Å². The van der Waals surface area contributed by atoms with Gasteiger partial charge in [-0.3, -0.25) is 0 Å². The lowest BCUT2D eigenvalue weighted by atomic mass is 9.93. The average Bonchev–Trinajstić information content (AvgIpc) is 2.54. The largest absolute Gasteiger partial charge is 0.497 e. The van der Waals surface area contributed by atoms with E-state index in [-0.39, 0.29) is 34.6 Å². The topological polar surface area (TPSA) is 72.8 Å². The van der Waals surface area contributed by atoms with Crippen molar-refractivity contribution in [2.75, 3.05) is 13.7 Å². The van der Waals surface area contributed by atoms with E-state index in [1.807, 2.05) is 0 Å². The quantitative estimate of drug-likeness (QED) is 0.856. The molecule has 2 aromatic carbocycles. The van der Waals surface area contributed by atoms with Gasteiger partial charge in [0.15, 0.2) is 0 Å². The highest BCUT2D eigenvalue weighted by atomic mass is 19.1. The van der Waals surface area contributed by atoms with Crippen LogP contribution in [-0.2, 0) is 4.74 Å². The number of hydrogen-bond acceptors (Lipinski definition) is 4. The third-order valence-electron chi connectivity index (χ3n) is 3.24. The van der Waals surface area contributed by atoms with Crippen molar-refractivity contribution in [1.82, 2.24) is 0 Å². The highest BCUT2D eigenvalue weighted by Gasteiger charge is 2.23. The summed E-state index contributed by atoms with van der Waals surface area (Å²) in [5.41, 5.74) is -0.208. The third kappa shape index (κ3) is 3.31. The Balaban J connectivity index is 2.72. The van der Waals surface area contributed by atoms with Gasteiger partial charge in [-0.15, -0.1) is 0 Å². The molecule has 23 heavy (non-hydrogen) atoms. The predicted octanol–water partition coefficient (Wildman–Crippen LogP) is 3.38. The van der Waals surface area contributed by atoms with E-state index < -0.39 is 17.8 Å². The van der Waals surface area contributed by atoms with Crippen LogP contribution in [0.4, 0.5) is 4.39 Å². The minimum atomic E-state index is -1.26. The second-order valence-corrected chi connectivity index (χ2v) is 4.60. The molecule has 0 radical (unpaired) electrons. The van der Waals surface area contributed by atoms with Crippen LogP contribution >= 0.6 is 0 Å². The fourth-order valence-electron chi connectivity index (χ4n) is 2.23. The van der Waals surface area contributed by atoms with E-state index in [1.165, 1.54) is 37.4 Å². The van der Waals surface area contributed by atoms with Crippen LogP contribution in [-0.4, -0.2) is 30.8 Å². The van der Waals surface area contributed by atoms with E-state index in [2.05, 4.69) is 0 Å². The number of carbonyl (C=O) groups is 2. The normalized spacial score (nSPS) is 10.2. The van der Waals surface area contributed by atoms with Crippen molar-refractivity contribution >= 4 is 11.9 Å². The van der Waals surface area contributed by atoms with Gasteiger partial charge in [0, 0.05) is 17.2 Å². The zero-order valence-electron chi connectivity index (χ0n) is 12.6. The number of carboxylic acids is 1. The molecule has 0 bridgehead atoms. The predicted molar refractivity (Wildman–Crippen MR) is 81.3 cm³/mol. The Morgan fingerprint density at radius 3 is 2.43 bits per heavy atom. The van der Waals surface area contributed by atoms with Gasteiger partial charge in [-0.2, -0.15) is 0 Å². The molecular formula is C17H15FO5. The number of carboxylic acid groups (broad SMARTS) is 1. The Morgan fingerprint density at radius 2 is 1.87 bits per heavy atom. The summed E-state index contributed by atoms with van der Waals surface area (Å²) in [5.74, 6) is -2.37. The molecule has 0 aromatic heterocycles. The van der Waals surface area contributed by atoms with Gasteiger partial charge >= 0.3 is 11.9 Å². The fourth-order valence-corrected chi connectivity index (χ4v) is 2.23. The number of benzene rings is 2. The van der Waals surface area contributed by atoms with Crippen molar-refractivity contribution < 1.29 is 28.6 Å². The maximum atomic E-state index is 14.4. The van der Waals surface area contributed by atoms with Crippen molar-refractivity contribution in [3.63, 3.8) is 0 Å². The summed E-state index contributed by atoms with van der Waals surface area (Å²) in [5, 5.41) is 9.36. The summed E-state index contributed by atoms with van der Waals surface area (Å²) in [6.45, 7) is 1.76. The van der Waals surface area contributed by atoms with Crippen molar-refractivity contribution in [1.29, 1.82) is 0 Å². The summed E-state index contributed by atoms with van der Waals surface area (Å²) >= 11 is 0. The van der Waals surface area contributed by atoms with Gasteiger partial charge in [-0.1, -0.05) is 6.07 Å². The standard InChI is InChI=1S/C17H15FO5/c1-3-23-17(21)13-6-4-5-12(16(19)20)15(13)11-8-7-10(22-2)9-14(11)18/h4-9H,3H2,1-2H3,(H,19,20). The lowest BCUT2D eigenvalue weighted by Gasteiger charge is -2.13. The summed E-state index contributed by atoms with van der Waals surface area (Å²) in [4.78, 5) is 23.5. The van der Waals surface area contributed by atoms with Crippen LogP contribution in [0.25, 0.3) is 11.1 Å². The number of carbonyl (C=O) groups excluding carboxylic acids is 1. The zero-order chi connectivity index (χ0) is 17.0. The number of hydrogen-bond donors (Lipinski definition) is 1. The van der Waals surface area contributed by atoms with E-state index in [0.717, 1.165) is 6.07 Å². The second kappa shape index (κ2) is 6.91. The molecule has 0 amide bonds. The Hall–Kier alpha value is -2.89. The van der Waals surface area contributed by atoms with Crippen molar-refractivity contribution in [3.05, 3.63) is 53.3 Å². The highest BCUT2D eigenvalue weighted by Crippen LogP contribution is 2.32. The number of methoxy groups -OCH3 is 1. The van der Waals surface area contributed by atoms with Gasteiger partial charge in [0.2, 0.25) is 0 Å². The van der Waals surface area contributed by atoms with E-state index in [0.29, 0.717) is 0 Å². The Labute approximate surface area is 132 Å². The minimum Gasteiger partial charge on any atom is -0.497 e. The maximum absolute atomic E-state index is 14.4. The molecule has 6 heteroatoms. The van der Waals surface area contributed by atoms with Crippen LogP contribution in [0.15, 0.2) is 36.4 Å². The molecule has 120 valence electrons. The molecule has 0 unspecified atom stereocenters. The monoisotopic (exact) mass is 318 g/mol. The lowest BCUT2D eigenvalue weighted by molar-refractivity contribution is 0.0527. The van der Waals surface area contributed by atoms with Crippen LogP contribution in [0.2, 0.25) is 0 Å². The summed E-state index contributed by atoms with van der Waals surface area (Å²) < 4.78 is 24.2. The Morgan fingerprint density at radius 1 is 1.17 bits per heavy atom. The number of halogens is 1. The van der Waals surface area contributed by atoms with E-state index in [9.17, 15) is 19.1 Å². The van der Waals surface area contributed by atoms with Crippen LogP contribution < -0.4 is 4.74 Å². The van der Waals surface area contributed by atoms with Gasteiger partial charge in [-0.25, -0.2) is 14.0 Å². The van der Waals surface area contributed by atoms with Crippen LogP contribution in [0.5, 0.6) is 5.75 Å². The summed E-state index contributed by atoms with van der Waals surface area (Å²) in [6, 6.07) is 8.13. The zero-order valence-corrected chi connectivity index (χ0v) is 12.6. The first-order chi connectivity index (χ1) is 11.0. The first kappa shape index (κ1) is 16.5. The van der Waals surface area contributed by atoms with Gasteiger partial charge < -0.3 is 14.6 Å². The molecule has 0 aliphatic rings. The number of aromatic carboxylic acids is 1. The molecule has 0 fully saturated rings. The summed E-state index contributed by atoms with van der Waals surface area (Å²) in [6.07, 6.45) is 0. The molecule has 0 atom stereocenters. The molecule has 0 saturated carbocycles. The van der Waals surface area contributed by atoms with Crippen LogP contribution in [0.1, 0.15) is 27.6 Å². The van der Waals surface area contributed by atoms with E-state index in [4.69, 9.17) is 9.47 Å². The molecule has 5 nitrogen and oxygen atoms in total. The van der Waals surface area contributed by atoms with Crippen LogP contribution in [0, 0.1) is 5.82 Å². The molecule has 0 aliphatic heterocycles. The number of ether oxygens (including phenoxy) is 2. The number of rotatable bonds is 5. The Kier molecular flexibility index (Phi) is 4.95. The number of esters is 1.